The van der Waals surface area contributed by atoms with Gasteiger partial charge in [0.05, 0.1) is 0 Å². The van der Waals surface area contributed by atoms with Gasteiger partial charge in [0.1, 0.15) is 6.61 Å². The van der Waals surface area contributed by atoms with Gasteiger partial charge in [-0.25, -0.2) is 4.79 Å². The Balaban J connectivity index is 1.82. The molecular weight excluding hydrogens is 306 g/mol. The second-order valence-electron chi connectivity index (χ2n) is 5.58. The highest BCUT2D eigenvalue weighted by Gasteiger charge is 2.19. The highest BCUT2D eigenvalue weighted by atomic mass is 16.5. The first-order valence-electron chi connectivity index (χ1n) is 7.79. The maximum absolute atomic E-state index is 11.9. The zero-order chi connectivity index (χ0) is 17.4. The van der Waals surface area contributed by atoms with Crippen LogP contribution in [0.15, 0.2) is 54.6 Å². The van der Waals surface area contributed by atoms with Crippen molar-refractivity contribution in [3.05, 3.63) is 65.7 Å². The van der Waals surface area contributed by atoms with E-state index in [0.29, 0.717) is 18.5 Å². The van der Waals surface area contributed by atoms with E-state index in [9.17, 15) is 14.7 Å². The number of nitrogens with one attached hydrogen (secondary N) is 1. The van der Waals surface area contributed by atoms with E-state index >= 15 is 0 Å². The van der Waals surface area contributed by atoms with Crippen molar-refractivity contribution in [2.75, 3.05) is 11.9 Å². The van der Waals surface area contributed by atoms with Gasteiger partial charge in [0, 0.05) is 5.69 Å². The van der Waals surface area contributed by atoms with Gasteiger partial charge in [-0.2, -0.15) is 0 Å². The first-order valence-corrected chi connectivity index (χ1v) is 7.79. The molecule has 2 rings (SSSR count). The van der Waals surface area contributed by atoms with Gasteiger partial charge in [-0.05, 0) is 43.0 Å². The third kappa shape index (κ3) is 5.85. The number of ether oxygens (including phenoxy) is 1. The van der Waals surface area contributed by atoms with E-state index in [-0.39, 0.29) is 12.5 Å². The topological polar surface area (TPSA) is 75.6 Å². The summed E-state index contributed by atoms with van der Waals surface area (Å²) in [4.78, 5) is 23.2. The largest absolute Gasteiger partial charge is 0.479 e. The molecule has 1 unspecified atom stereocenters. The predicted octanol–water partition coefficient (Wildman–Crippen LogP) is 3.04. The fourth-order valence-corrected chi connectivity index (χ4v) is 2.32. The number of carbonyl (C=O) groups excluding carboxylic acids is 1. The predicted molar refractivity (Wildman–Crippen MR) is 91.9 cm³/mol. The van der Waals surface area contributed by atoms with E-state index in [1.807, 2.05) is 55.5 Å². The molecule has 5 nitrogen and oxygen atoms in total. The van der Waals surface area contributed by atoms with E-state index in [0.717, 1.165) is 11.1 Å². The molecule has 5 heteroatoms. The lowest BCUT2D eigenvalue weighted by molar-refractivity contribution is -0.151. The molecule has 1 amide bonds. The third-order valence-electron chi connectivity index (χ3n) is 3.53. The van der Waals surface area contributed by atoms with Gasteiger partial charge < -0.3 is 15.2 Å². The number of anilines is 1. The number of carbonyl (C=O) groups is 2. The standard InChI is InChI=1S/C19H21NO4/c1-14-6-5-9-16(12-14)20-18(21)13-24-17(19(22)23)11-10-15-7-3-2-4-8-15/h2-9,12,17H,10-11,13H2,1H3,(H,20,21)(H,22,23). The lowest BCUT2D eigenvalue weighted by Crippen LogP contribution is -2.29. The summed E-state index contributed by atoms with van der Waals surface area (Å²) in [5, 5.41) is 11.9. The number of carboxylic acid groups (broad SMARTS) is 1. The summed E-state index contributed by atoms with van der Waals surface area (Å²) < 4.78 is 5.28. The number of amides is 1. The molecule has 2 N–H and O–H groups in total. The number of rotatable bonds is 8. The summed E-state index contributed by atoms with van der Waals surface area (Å²) in [6.45, 7) is 1.63. The zero-order valence-electron chi connectivity index (χ0n) is 13.6. The molecule has 0 saturated heterocycles. The molecule has 2 aromatic carbocycles. The SMILES string of the molecule is Cc1cccc(NC(=O)COC(CCc2ccccc2)C(=O)O)c1. The van der Waals surface area contributed by atoms with E-state index in [1.165, 1.54) is 0 Å². The number of hydrogen-bond donors (Lipinski definition) is 2. The van der Waals surface area contributed by atoms with E-state index in [2.05, 4.69) is 5.32 Å². The van der Waals surface area contributed by atoms with E-state index in [1.54, 1.807) is 6.07 Å². The normalized spacial score (nSPS) is 11.7. The molecule has 0 aliphatic carbocycles. The molecule has 0 spiro atoms. The maximum atomic E-state index is 11.9. The second-order valence-corrected chi connectivity index (χ2v) is 5.58. The monoisotopic (exact) mass is 327 g/mol. The Kier molecular flexibility index (Phi) is 6.51. The molecule has 1 atom stereocenters. The number of aliphatic carboxylic acids is 1. The van der Waals surface area contributed by atoms with Crippen LogP contribution >= 0.6 is 0 Å². The Hall–Kier alpha value is -2.66. The number of aryl methyl sites for hydroxylation is 2. The minimum atomic E-state index is -1.06. The smallest absolute Gasteiger partial charge is 0.332 e. The van der Waals surface area contributed by atoms with Crippen molar-refractivity contribution in [3.8, 4) is 0 Å². The van der Waals surface area contributed by atoms with E-state index < -0.39 is 12.1 Å². The first-order chi connectivity index (χ1) is 11.5. The molecule has 126 valence electrons. The minimum absolute atomic E-state index is 0.292. The molecule has 0 radical (unpaired) electrons. The van der Waals surface area contributed by atoms with Crippen molar-refractivity contribution >= 4 is 17.6 Å². The highest BCUT2D eigenvalue weighted by Crippen LogP contribution is 2.11. The van der Waals surface area contributed by atoms with Crippen molar-refractivity contribution < 1.29 is 19.4 Å². The molecule has 0 saturated carbocycles. The quantitative estimate of drug-likeness (QED) is 0.781. The fourth-order valence-electron chi connectivity index (χ4n) is 2.32. The minimum Gasteiger partial charge on any atom is -0.479 e. The lowest BCUT2D eigenvalue weighted by atomic mass is 10.1. The van der Waals surface area contributed by atoms with Crippen LogP contribution in [-0.2, 0) is 20.7 Å². The van der Waals surface area contributed by atoms with Crippen LogP contribution in [0.3, 0.4) is 0 Å². The van der Waals surface area contributed by atoms with Crippen molar-refractivity contribution in [2.24, 2.45) is 0 Å². The van der Waals surface area contributed by atoms with Crippen molar-refractivity contribution in [1.29, 1.82) is 0 Å². The Labute approximate surface area is 141 Å². The van der Waals surface area contributed by atoms with Crippen LogP contribution in [0.2, 0.25) is 0 Å². The Morgan fingerprint density at radius 3 is 2.54 bits per heavy atom. The van der Waals surface area contributed by atoms with Crippen molar-refractivity contribution in [3.63, 3.8) is 0 Å². The van der Waals surface area contributed by atoms with Crippen LogP contribution in [0, 0.1) is 6.92 Å². The van der Waals surface area contributed by atoms with Crippen LogP contribution in [0.5, 0.6) is 0 Å². The molecule has 0 fully saturated rings. The van der Waals surface area contributed by atoms with Gasteiger partial charge in [-0.3, -0.25) is 4.79 Å². The van der Waals surface area contributed by atoms with Crippen molar-refractivity contribution in [1.82, 2.24) is 0 Å². The van der Waals surface area contributed by atoms with Crippen LogP contribution in [0.4, 0.5) is 5.69 Å². The third-order valence-corrected chi connectivity index (χ3v) is 3.53. The van der Waals surface area contributed by atoms with Crippen LogP contribution in [0.1, 0.15) is 17.5 Å². The molecule has 2 aromatic rings. The van der Waals surface area contributed by atoms with Gasteiger partial charge >= 0.3 is 5.97 Å². The van der Waals surface area contributed by atoms with Gasteiger partial charge in [-0.15, -0.1) is 0 Å². The van der Waals surface area contributed by atoms with Crippen LogP contribution in [-0.4, -0.2) is 29.7 Å². The van der Waals surface area contributed by atoms with Crippen molar-refractivity contribution in [2.45, 2.75) is 25.9 Å². The van der Waals surface area contributed by atoms with Gasteiger partial charge in [0.2, 0.25) is 5.91 Å². The average molecular weight is 327 g/mol. The number of hydrogen-bond acceptors (Lipinski definition) is 3. The second kappa shape index (κ2) is 8.84. The Morgan fingerprint density at radius 1 is 1.12 bits per heavy atom. The van der Waals surface area contributed by atoms with Gasteiger partial charge in [0.15, 0.2) is 6.10 Å². The van der Waals surface area contributed by atoms with Crippen LogP contribution < -0.4 is 5.32 Å². The molecule has 0 bridgehead atoms. The highest BCUT2D eigenvalue weighted by molar-refractivity contribution is 5.91. The van der Waals surface area contributed by atoms with Crippen LogP contribution in [0.25, 0.3) is 0 Å². The Morgan fingerprint density at radius 2 is 1.88 bits per heavy atom. The number of benzene rings is 2. The summed E-state index contributed by atoms with van der Waals surface area (Å²) >= 11 is 0. The van der Waals surface area contributed by atoms with Gasteiger partial charge in [-0.1, -0.05) is 42.5 Å². The summed E-state index contributed by atoms with van der Waals surface area (Å²) in [6.07, 6.45) is -0.109. The summed E-state index contributed by atoms with van der Waals surface area (Å²) in [5.41, 5.74) is 2.73. The summed E-state index contributed by atoms with van der Waals surface area (Å²) in [6, 6.07) is 17.0. The lowest BCUT2D eigenvalue weighted by Gasteiger charge is -2.14. The maximum Gasteiger partial charge on any atom is 0.332 e. The summed E-state index contributed by atoms with van der Waals surface area (Å²) in [7, 11) is 0. The number of carboxylic acids is 1. The van der Waals surface area contributed by atoms with Gasteiger partial charge in [0.25, 0.3) is 0 Å². The molecule has 0 aliphatic rings. The molecule has 0 aliphatic heterocycles. The first kappa shape index (κ1) is 17.7. The average Bonchev–Trinajstić information content (AvgIpc) is 2.55. The molecular formula is C19H21NO4. The zero-order valence-corrected chi connectivity index (χ0v) is 13.6. The molecule has 24 heavy (non-hydrogen) atoms. The van der Waals surface area contributed by atoms with E-state index in [4.69, 9.17) is 4.74 Å². The fraction of sp³-hybridized carbons (Fsp3) is 0.263. The molecule has 0 aromatic heterocycles. The Bertz CT molecular complexity index is 685. The summed E-state index contributed by atoms with van der Waals surface area (Å²) in [5.74, 6) is -1.43. The molecule has 0 heterocycles.